The van der Waals surface area contributed by atoms with Crippen molar-refractivity contribution in [3.05, 3.63) is 408 Å². The van der Waals surface area contributed by atoms with Gasteiger partial charge in [0.2, 0.25) is 0 Å². The number of fused-ring (bicyclic) bond motifs is 24. The van der Waals surface area contributed by atoms with Crippen molar-refractivity contribution >= 4 is 43.9 Å². The van der Waals surface area contributed by atoms with Crippen molar-refractivity contribution in [1.82, 2.24) is 29.9 Å². The Morgan fingerprint density at radius 3 is 0.974 bits per heavy atom. The van der Waals surface area contributed by atoms with Gasteiger partial charge in [-0.1, -0.05) is 297 Å². The van der Waals surface area contributed by atoms with E-state index >= 15 is 0 Å². The van der Waals surface area contributed by atoms with Gasteiger partial charge in [0.15, 0.2) is 34.9 Å². The SMILES string of the molecule is c1ccc(-c2nc(-c3ccccc3)nc(-c3ccc(-c4cccc5oc6cc7c(cc6c45)-c4ccccc4C74c5ccccc5Oc5c(-c6cccc(-c7nc(-c8ccccc8)nc(-c8cccc(-c9cccc%10oc%11cc%12c(cc%11c9%10)-c9ccccc9C%129c%10ccccc%10Oc%10ccccc%109)c8)n7)c6)cccc54)cc3)n2)cc1. The van der Waals surface area contributed by atoms with Crippen molar-refractivity contribution in [2.24, 2.45) is 0 Å². The number of nitrogens with zero attached hydrogens (tertiary/aromatic N) is 6. The third-order valence-electron chi connectivity index (χ3n) is 23.7. The van der Waals surface area contributed by atoms with Gasteiger partial charge < -0.3 is 18.3 Å². The fraction of sp³-hybridized carbons (Fsp3) is 0.0192. The first-order chi connectivity index (χ1) is 56.5. The van der Waals surface area contributed by atoms with Crippen LogP contribution in [0.15, 0.2) is 373 Å². The molecule has 1 unspecified atom stereocenters. The van der Waals surface area contributed by atoms with Crippen LogP contribution in [0.25, 0.3) is 168 Å². The zero-order valence-electron chi connectivity index (χ0n) is 61.0. The predicted octanol–water partition coefficient (Wildman–Crippen LogP) is 25.8. The molecule has 2 spiro atoms. The monoisotopic (exact) mass is 1460 g/mol. The quantitative estimate of drug-likeness (QED) is 0.138. The first-order valence-electron chi connectivity index (χ1n) is 38.4. The highest BCUT2D eigenvalue weighted by atomic mass is 16.5. The van der Waals surface area contributed by atoms with Gasteiger partial charge in [-0.15, -0.1) is 0 Å². The Morgan fingerprint density at radius 1 is 0.184 bits per heavy atom. The molecule has 16 aromatic carbocycles. The molecule has 0 amide bonds. The molecular formula is C104H60N6O4. The van der Waals surface area contributed by atoms with Crippen molar-refractivity contribution in [3.8, 4) is 147 Å². The number of rotatable bonds is 9. The number of hydrogen-bond acceptors (Lipinski definition) is 10. The second kappa shape index (κ2) is 24.6. The molecule has 10 heteroatoms. The summed E-state index contributed by atoms with van der Waals surface area (Å²) in [5.41, 5.74) is 26.7. The molecule has 0 N–H and O–H groups in total. The van der Waals surface area contributed by atoms with E-state index in [1.54, 1.807) is 0 Å². The van der Waals surface area contributed by atoms with E-state index in [4.69, 9.17) is 48.2 Å². The predicted molar refractivity (Wildman–Crippen MR) is 451 cm³/mol. The van der Waals surface area contributed by atoms with Gasteiger partial charge in [0.05, 0.1) is 10.8 Å². The fourth-order valence-electron chi connectivity index (χ4n) is 18.9. The normalized spacial score (nSPS) is 14.2. The Bertz CT molecular complexity index is 7340. The summed E-state index contributed by atoms with van der Waals surface area (Å²) in [6.07, 6.45) is 0. The van der Waals surface area contributed by atoms with Crippen molar-refractivity contribution in [3.63, 3.8) is 0 Å². The Kier molecular flexibility index (Phi) is 13.7. The molecule has 114 heavy (non-hydrogen) atoms. The van der Waals surface area contributed by atoms with E-state index in [0.717, 1.165) is 173 Å². The first kappa shape index (κ1) is 63.6. The van der Waals surface area contributed by atoms with E-state index in [2.05, 4.69) is 285 Å². The highest BCUT2D eigenvalue weighted by Crippen LogP contribution is 2.66. The lowest BCUT2D eigenvalue weighted by Crippen LogP contribution is -2.32. The topological polar surface area (TPSA) is 122 Å². The molecule has 20 aromatic rings. The minimum Gasteiger partial charge on any atom is -0.457 e. The van der Waals surface area contributed by atoms with Gasteiger partial charge in [-0.25, -0.2) is 29.9 Å². The molecule has 0 fully saturated rings. The van der Waals surface area contributed by atoms with Crippen LogP contribution in [-0.2, 0) is 10.8 Å². The summed E-state index contributed by atoms with van der Waals surface area (Å²) in [5.74, 6) is 6.72. The summed E-state index contributed by atoms with van der Waals surface area (Å²) in [7, 11) is 0. The number of hydrogen-bond donors (Lipinski definition) is 0. The molecule has 0 saturated heterocycles. The highest BCUT2D eigenvalue weighted by molar-refractivity contribution is 6.16. The summed E-state index contributed by atoms with van der Waals surface area (Å²) in [6, 6.07) is 128. The number of benzene rings is 16. The molecular weight excluding hydrogens is 1400 g/mol. The second-order valence-electron chi connectivity index (χ2n) is 29.8. The molecule has 0 saturated carbocycles. The van der Waals surface area contributed by atoms with Gasteiger partial charge in [-0.2, -0.15) is 0 Å². The summed E-state index contributed by atoms with van der Waals surface area (Å²) in [4.78, 5) is 31.1. The van der Waals surface area contributed by atoms with Crippen LogP contribution >= 0.6 is 0 Å². The molecule has 1 atom stereocenters. The van der Waals surface area contributed by atoms with Gasteiger partial charge in [0, 0.05) is 82.7 Å². The van der Waals surface area contributed by atoms with Crippen LogP contribution in [-0.4, -0.2) is 29.9 Å². The van der Waals surface area contributed by atoms with E-state index in [1.165, 1.54) is 27.8 Å². The third kappa shape index (κ3) is 9.36. The maximum Gasteiger partial charge on any atom is 0.164 e. The van der Waals surface area contributed by atoms with Crippen LogP contribution in [0.3, 0.4) is 0 Å². The zero-order valence-corrected chi connectivity index (χ0v) is 61.0. The zero-order chi connectivity index (χ0) is 74.7. The Hall–Kier alpha value is -15.3. The molecule has 0 radical (unpaired) electrons. The molecule has 2 aliphatic heterocycles. The summed E-state index contributed by atoms with van der Waals surface area (Å²) in [6.45, 7) is 0. The van der Waals surface area contributed by atoms with Crippen LogP contribution in [0.2, 0.25) is 0 Å². The molecule has 4 aliphatic rings. The van der Waals surface area contributed by atoms with Crippen LogP contribution < -0.4 is 9.47 Å². The van der Waals surface area contributed by atoms with E-state index in [0.29, 0.717) is 34.9 Å². The lowest BCUT2D eigenvalue weighted by atomic mass is 9.65. The summed E-state index contributed by atoms with van der Waals surface area (Å²) in [5, 5.41) is 4.14. The average molecular weight is 1460 g/mol. The van der Waals surface area contributed by atoms with E-state index in [9.17, 15) is 0 Å². The van der Waals surface area contributed by atoms with E-state index < -0.39 is 10.8 Å². The lowest BCUT2D eigenvalue weighted by molar-refractivity contribution is 0.436. The fourth-order valence-corrected chi connectivity index (χ4v) is 18.9. The second-order valence-corrected chi connectivity index (χ2v) is 29.8. The van der Waals surface area contributed by atoms with Crippen molar-refractivity contribution in [2.75, 3.05) is 0 Å². The number of furan rings is 2. The van der Waals surface area contributed by atoms with Gasteiger partial charge in [-0.3, -0.25) is 0 Å². The minimum absolute atomic E-state index is 0.534. The molecule has 0 bridgehead atoms. The summed E-state index contributed by atoms with van der Waals surface area (Å²) < 4.78 is 28.1. The van der Waals surface area contributed by atoms with Crippen molar-refractivity contribution in [2.45, 2.75) is 10.8 Å². The molecule has 24 rings (SSSR count). The standard InChI is InChI=1S/C104H60N6O4/c1-4-25-62(26-5-1)97-105-98(63-27-6-2-7-28-63)107-100(106-97)65-53-51-61(52-54-65)70-37-23-49-90-94(70)77-58-76-74-36-11-13-41-80(74)104(86(76)60-93(77)112-90)83-44-16-19-48-89(83)114-96-72(39-22-45-84(96)104)67-32-21-34-69(56-67)102-109-99(64-29-8-3-9-30-64)108-101(110-102)68-33-20-31-66(55-68)71-38-24-50-91-95(71)78-57-75-73-35-10-12-40-79(73)103(85(75)59-92(78)113-91)81-42-14-17-46-87(81)111-88-47-18-15-43-82(88)103/h1-60H. The minimum atomic E-state index is -0.814. The smallest absolute Gasteiger partial charge is 0.164 e. The molecule has 10 nitrogen and oxygen atoms in total. The number of para-hydroxylation sites is 4. The van der Waals surface area contributed by atoms with Crippen LogP contribution in [0.1, 0.15) is 44.5 Å². The lowest BCUT2D eigenvalue weighted by Gasteiger charge is -2.40. The van der Waals surface area contributed by atoms with Gasteiger partial charge in [0.25, 0.3) is 0 Å². The highest BCUT2D eigenvalue weighted by Gasteiger charge is 2.54. The van der Waals surface area contributed by atoms with Crippen LogP contribution in [0.5, 0.6) is 23.0 Å². The number of aromatic nitrogens is 6. The average Bonchev–Trinajstić information content (AvgIpc) is 1.50. The maximum absolute atomic E-state index is 7.36. The van der Waals surface area contributed by atoms with Crippen molar-refractivity contribution in [1.29, 1.82) is 0 Å². The maximum atomic E-state index is 7.36. The van der Waals surface area contributed by atoms with Crippen LogP contribution in [0.4, 0.5) is 0 Å². The largest absolute Gasteiger partial charge is 0.457 e. The Labute approximate surface area is 654 Å². The van der Waals surface area contributed by atoms with Gasteiger partial charge in [0.1, 0.15) is 45.3 Å². The first-order valence-corrected chi connectivity index (χ1v) is 38.4. The van der Waals surface area contributed by atoms with E-state index in [-0.39, 0.29) is 0 Å². The molecule has 530 valence electrons. The third-order valence-corrected chi connectivity index (χ3v) is 23.7. The van der Waals surface area contributed by atoms with E-state index in [1.807, 2.05) is 78.9 Å². The van der Waals surface area contributed by atoms with Crippen LogP contribution in [0, 0.1) is 0 Å². The molecule has 6 heterocycles. The summed E-state index contributed by atoms with van der Waals surface area (Å²) >= 11 is 0. The van der Waals surface area contributed by atoms with Crippen molar-refractivity contribution < 1.29 is 18.3 Å². The van der Waals surface area contributed by atoms with Gasteiger partial charge in [-0.05, 0) is 139 Å². The Morgan fingerprint density at radius 2 is 0.500 bits per heavy atom. The number of ether oxygens (including phenoxy) is 2. The van der Waals surface area contributed by atoms with Gasteiger partial charge >= 0.3 is 0 Å². The Balaban J connectivity index is 0.607. The molecule has 4 aromatic heterocycles. The molecule has 2 aliphatic carbocycles.